The molecule has 0 amide bonds. The van der Waals surface area contributed by atoms with Crippen LogP contribution in [-0.2, 0) is 14.3 Å². The van der Waals surface area contributed by atoms with Gasteiger partial charge in [-0.2, -0.15) is 0 Å². The summed E-state index contributed by atoms with van der Waals surface area (Å²) < 4.78 is 5.92. The second-order valence-corrected chi connectivity index (χ2v) is 9.88. The third kappa shape index (κ3) is 6.69. The molecule has 6 nitrogen and oxygen atoms in total. The minimum absolute atomic E-state index is 0.0272. The van der Waals surface area contributed by atoms with Gasteiger partial charge < -0.3 is 9.84 Å². The highest BCUT2D eigenvalue weighted by Gasteiger charge is 2.34. The van der Waals surface area contributed by atoms with E-state index in [1.165, 1.54) is 18.9 Å². The number of thioether (sulfide) groups is 1. The first kappa shape index (κ1) is 25.5. The number of benzene rings is 2. The highest BCUT2D eigenvalue weighted by Crippen LogP contribution is 2.36. The van der Waals surface area contributed by atoms with E-state index in [1.54, 1.807) is 36.4 Å². The Kier molecular flexibility index (Phi) is 9.14. The second-order valence-electron chi connectivity index (χ2n) is 7.48. The van der Waals surface area contributed by atoms with Crippen molar-refractivity contribution in [3.8, 4) is 0 Å². The molecule has 174 valence electrons. The van der Waals surface area contributed by atoms with Gasteiger partial charge in [-0.3, -0.25) is 14.5 Å². The minimum atomic E-state index is -0.962. The molecule has 0 spiro atoms. The Morgan fingerprint density at radius 2 is 1.88 bits per heavy atom. The molecule has 1 aliphatic rings. The van der Waals surface area contributed by atoms with Crippen LogP contribution in [0.4, 0.5) is 0 Å². The molecule has 1 N–H and O–H groups in total. The van der Waals surface area contributed by atoms with Crippen LogP contribution in [0.2, 0.25) is 5.02 Å². The molecule has 2 aromatic rings. The second kappa shape index (κ2) is 11.8. The van der Waals surface area contributed by atoms with E-state index in [0.717, 1.165) is 9.38 Å². The molecule has 1 unspecified atom stereocenters. The molecule has 0 radical (unpaired) electrons. The number of rotatable bonds is 9. The van der Waals surface area contributed by atoms with Crippen LogP contribution in [0, 0.1) is 0 Å². The first-order valence-electron chi connectivity index (χ1n) is 10.2. The number of hydrogen-bond acceptors (Lipinski definition) is 6. The zero-order chi connectivity index (χ0) is 24.0. The number of ether oxygens (including phenoxy) is 1. The van der Waals surface area contributed by atoms with E-state index in [0.29, 0.717) is 34.7 Å². The fraction of sp³-hybridized carbons (Fsp3) is 0.292. The third-order valence-corrected chi connectivity index (χ3v) is 7.43. The first-order valence-corrected chi connectivity index (χ1v) is 12.4. The Bertz CT molecular complexity index is 1070. The molecular weight excluding hydrogens is 530 g/mol. The van der Waals surface area contributed by atoms with Gasteiger partial charge in [0.1, 0.15) is 6.04 Å². The van der Waals surface area contributed by atoms with Crippen molar-refractivity contribution in [3.63, 3.8) is 0 Å². The summed E-state index contributed by atoms with van der Waals surface area (Å²) in [6.45, 7) is 0.773. The fourth-order valence-electron chi connectivity index (χ4n) is 3.72. The van der Waals surface area contributed by atoms with Gasteiger partial charge in [-0.05, 0) is 40.7 Å². The van der Waals surface area contributed by atoms with E-state index in [4.69, 9.17) is 16.3 Å². The Morgan fingerprint density at radius 1 is 1.18 bits per heavy atom. The lowest BCUT2D eigenvalue weighted by Crippen LogP contribution is -2.40. The van der Waals surface area contributed by atoms with E-state index in [2.05, 4.69) is 15.9 Å². The van der Waals surface area contributed by atoms with Gasteiger partial charge in [-0.1, -0.05) is 57.9 Å². The molecule has 9 heteroatoms. The van der Waals surface area contributed by atoms with Crippen molar-refractivity contribution < 1.29 is 24.2 Å². The molecule has 0 aliphatic carbocycles. The van der Waals surface area contributed by atoms with Gasteiger partial charge in [0.2, 0.25) is 0 Å². The van der Waals surface area contributed by atoms with E-state index in [-0.39, 0.29) is 24.5 Å². The Morgan fingerprint density at radius 3 is 2.52 bits per heavy atom. The number of Topliss-reactive ketones (excluding diaryl/α,β-unsaturated/α-hetero) is 1. The first-order chi connectivity index (χ1) is 15.8. The summed E-state index contributed by atoms with van der Waals surface area (Å²) in [5, 5.41) is 9.90. The minimum Gasteiger partial charge on any atom is -0.481 e. The van der Waals surface area contributed by atoms with Crippen LogP contribution in [-0.4, -0.2) is 53.7 Å². The molecule has 0 aromatic heterocycles. The topological polar surface area (TPSA) is 83.9 Å². The number of carbonyl (C=O) groups is 3. The molecule has 1 aliphatic heterocycles. The van der Waals surface area contributed by atoms with Crippen molar-refractivity contribution in [3.05, 3.63) is 79.6 Å². The summed E-state index contributed by atoms with van der Waals surface area (Å²) in [4.78, 5) is 39.6. The number of halogens is 2. The molecule has 2 aromatic carbocycles. The number of ketones is 1. The lowest BCUT2D eigenvalue weighted by Gasteiger charge is -2.35. The number of aliphatic carboxylic acids is 1. The molecule has 0 bridgehead atoms. The van der Waals surface area contributed by atoms with Crippen molar-refractivity contribution in [2.24, 2.45) is 0 Å². The number of hydrogen-bond donors (Lipinski definition) is 1. The quantitative estimate of drug-likeness (QED) is 0.331. The molecular formula is C24H23BrClNO5S. The number of carboxylic acids is 1. The molecule has 0 fully saturated rings. The predicted molar refractivity (Wildman–Crippen MR) is 133 cm³/mol. The highest BCUT2D eigenvalue weighted by molar-refractivity contribution is 9.10. The van der Waals surface area contributed by atoms with Crippen molar-refractivity contribution >= 4 is 57.0 Å². The maximum atomic E-state index is 12.7. The Hall–Kier alpha value is -2.13. The Labute approximate surface area is 210 Å². The molecule has 1 atom stereocenters. The average molecular weight is 553 g/mol. The summed E-state index contributed by atoms with van der Waals surface area (Å²) in [5.41, 5.74) is 1.90. The zero-order valence-electron chi connectivity index (χ0n) is 17.9. The predicted octanol–water partition coefficient (Wildman–Crippen LogP) is 5.37. The number of carboxylic acid groups (broad SMARTS) is 1. The average Bonchev–Trinajstić information content (AvgIpc) is 2.79. The fourth-order valence-corrected chi connectivity index (χ4v) is 5.27. The maximum absolute atomic E-state index is 12.7. The van der Waals surface area contributed by atoms with Crippen molar-refractivity contribution in [1.29, 1.82) is 0 Å². The molecule has 0 saturated carbocycles. The van der Waals surface area contributed by atoms with Crippen LogP contribution in [0.25, 0.3) is 0 Å². The standard InChI is InChI=1S/C24H23BrClNO5S/c1-32-24(31)23(18-4-2-3-5-19(18)26)27-11-10-21(16(13-27)12-22(29)30)33-14-20(28)15-6-8-17(25)9-7-15/h2-9,23H,10-14H2,1H3,(H,29,30). The number of esters is 1. The van der Waals surface area contributed by atoms with E-state index >= 15 is 0 Å². The van der Waals surface area contributed by atoms with Crippen molar-refractivity contribution in [1.82, 2.24) is 4.90 Å². The number of carbonyl (C=O) groups excluding carboxylic acids is 2. The van der Waals surface area contributed by atoms with Crippen LogP contribution < -0.4 is 0 Å². The van der Waals surface area contributed by atoms with Crippen LogP contribution in [0.5, 0.6) is 0 Å². The number of methoxy groups -OCH3 is 1. The Balaban J connectivity index is 1.81. The highest BCUT2D eigenvalue weighted by atomic mass is 79.9. The summed E-state index contributed by atoms with van der Waals surface area (Å²) in [6.07, 6.45) is 0.362. The van der Waals surface area contributed by atoms with Gasteiger partial charge in [-0.25, -0.2) is 4.79 Å². The van der Waals surface area contributed by atoms with Crippen LogP contribution in [0.1, 0.15) is 34.8 Å². The van der Waals surface area contributed by atoms with E-state index in [1.807, 2.05) is 17.0 Å². The SMILES string of the molecule is COC(=O)C(c1ccccc1Cl)N1CCC(SCC(=O)c2ccc(Br)cc2)=C(CC(=O)O)C1. The van der Waals surface area contributed by atoms with Crippen LogP contribution in [0.15, 0.2) is 63.5 Å². The largest absolute Gasteiger partial charge is 0.481 e. The summed E-state index contributed by atoms with van der Waals surface area (Å²) in [7, 11) is 1.32. The molecule has 33 heavy (non-hydrogen) atoms. The van der Waals surface area contributed by atoms with Crippen LogP contribution >= 0.6 is 39.3 Å². The van der Waals surface area contributed by atoms with Crippen molar-refractivity contribution in [2.75, 3.05) is 26.0 Å². The van der Waals surface area contributed by atoms with Gasteiger partial charge in [0.15, 0.2) is 5.78 Å². The lowest BCUT2D eigenvalue weighted by atomic mass is 10.00. The molecule has 3 rings (SSSR count). The van der Waals surface area contributed by atoms with Gasteiger partial charge in [0.05, 0.1) is 19.3 Å². The van der Waals surface area contributed by atoms with Gasteiger partial charge in [-0.15, -0.1) is 11.8 Å². The molecule has 0 saturated heterocycles. The van der Waals surface area contributed by atoms with E-state index < -0.39 is 18.0 Å². The third-order valence-electron chi connectivity index (χ3n) is 5.31. The summed E-state index contributed by atoms with van der Waals surface area (Å²) in [6, 6.07) is 13.4. The van der Waals surface area contributed by atoms with Gasteiger partial charge in [0, 0.05) is 28.1 Å². The van der Waals surface area contributed by atoms with Crippen molar-refractivity contribution in [2.45, 2.75) is 18.9 Å². The normalized spacial score (nSPS) is 15.2. The zero-order valence-corrected chi connectivity index (χ0v) is 21.1. The van der Waals surface area contributed by atoms with Gasteiger partial charge in [0.25, 0.3) is 0 Å². The smallest absolute Gasteiger partial charge is 0.327 e. The maximum Gasteiger partial charge on any atom is 0.327 e. The lowest BCUT2D eigenvalue weighted by molar-refractivity contribution is -0.147. The number of nitrogens with zero attached hydrogens (tertiary/aromatic N) is 1. The van der Waals surface area contributed by atoms with E-state index in [9.17, 15) is 19.5 Å². The monoisotopic (exact) mass is 551 g/mol. The van der Waals surface area contributed by atoms with Crippen LogP contribution in [0.3, 0.4) is 0 Å². The summed E-state index contributed by atoms with van der Waals surface area (Å²) in [5.74, 6) is -1.23. The van der Waals surface area contributed by atoms with Gasteiger partial charge >= 0.3 is 11.9 Å². The summed E-state index contributed by atoms with van der Waals surface area (Å²) >= 11 is 11.1. The molecule has 1 heterocycles.